The molecule has 5 nitrogen and oxygen atoms in total. The molecule has 2 rings (SSSR count). The molecule has 0 aromatic heterocycles. The van der Waals surface area contributed by atoms with Crippen molar-refractivity contribution in [3.8, 4) is 0 Å². The zero-order valence-electron chi connectivity index (χ0n) is 9.97. The molecule has 1 aromatic carbocycles. The largest absolute Gasteiger partial charge is 0.398 e. The molecule has 18 heavy (non-hydrogen) atoms. The summed E-state index contributed by atoms with van der Waals surface area (Å²) >= 11 is 0. The van der Waals surface area contributed by atoms with Crippen molar-refractivity contribution in [3.63, 3.8) is 0 Å². The van der Waals surface area contributed by atoms with Crippen LogP contribution in [-0.2, 0) is 14.8 Å². The molecule has 1 unspecified atom stereocenters. The minimum atomic E-state index is -3.89. The third kappa shape index (κ3) is 2.21. The molecule has 100 valence electrons. The van der Waals surface area contributed by atoms with E-state index in [-0.39, 0.29) is 18.3 Å². The predicted octanol–water partition coefficient (Wildman–Crippen LogP) is 0.817. The van der Waals surface area contributed by atoms with Gasteiger partial charge < -0.3 is 10.5 Å². The van der Waals surface area contributed by atoms with E-state index in [1.54, 1.807) is 0 Å². The number of methoxy groups -OCH3 is 1. The Bertz CT molecular complexity index is 527. The molecule has 0 bridgehead atoms. The zero-order chi connectivity index (χ0) is 13.3. The average Bonchev–Trinajstić information content (AvgIpc) is 2.77. The Kier molecular flexibility index (Phi) is 3.56. The molecule has 0 spiro atoms. The number of hydrogen-bond donors (Lipinski definition) is 1. The summed E-state index contributed by atoms with van der Waals surface area (Å²) in [7, 11) is -2.36. The van der Waals surface area contributed by atoms with Gasteiger partial charge >= 0.3 is 0 Å². The molecule has 1 heterocycles. The van der Waals surface area contributed by atoms with Crippen LogP contribution in [0.2, 0.25) is 0 Å². The van der Waals surface area contributed by atoms with E-state index >= 15 is 0 Å². The number of anilines is 1. The van der Waals surface area contributed by atoms with Crippen LogP contribution in [0.4, 0.5) is 10.1 Å². The molecular weight excluding hydrogens is 259 g/mol. The van der Waals surface area contributed by atoms with Gasteiger partial charge in [-0.15, -0.1) is 0 Å². The van der Waals surface area contributed by atoms with Gasteiger partial charge in [0.1, 0.15) is 10.7 Å². The summed E-state index contributed by atoms with van der Waals surface area (Å²) in [5.74, 6) is -0.823. The summed E-state index contributed by atoms with van der Waals surface area (Å²) in [6.45, 7) is 0.543. The van der Waals surface area contributed by atoms with E-state index in [0.717, 1.165) is 6.07 Å². The quantitative estimate of drug-likeness (QED) is 0.828. The highest BCUT2D eigenvalue weighted by atomic mass is 32.2. The number of hydrogen-bond acceptors (Lipinski definition) is 4. The van der Waals surface area contributed by atoms with Gasteiger partial charge in [0, 0.05) is 20.2 Å². The zero-order valence-corrected chi connectivity index (χ0v) is 10.8. The predicted molar refractivity (Wildman–Crippen MR) is 65.0 cm³/mol. The molecule has 1 aliphatic heterocycles. The van der Waals surface area contributed by atoms with Crippen molar-refractivity contribution >= 4 is 15.7 Å². The second-order valence-corrected chi connectivity index (χ2v) is 6.04. The first kappa shape index (κ1) is 13.3. The monoisotopic (exact) mass is 274 g/mol. The molecule has 1 atom stereocenters. The van der Waals surface area contributed by atoms with Gasteiger partial charge in [0.05, 0.1) is 11.8 Å². The third-order valence-corrected chi connectivity index (χ3v) is 4.99. The van der Waals surface area contributed by atoms with Crippen LogP contribution >= 0.6 is 0 Å². The maximum atomic E-state index is 13.7. The first-order valence-corrected chi connectivity index (χ1v) is 6.97. The van der Waals surface area contributed by atoms with Crippen molar-refractivity contribution in [3.05, 3.63) is 24.0 Å². The van der Waals surface area contributed by atoms with Crippen LogP contribution in [0.25, 0.3) is 0 Å². The fourth-order valence-corrected chi connectivity index (χ4v) is 3.68. The molecule has 0 radical (unpaired) electrons. The lowest BCUT2D eigenvalue weighted by molar-refractivity contribution is 0.115. The van der Waals surface area contributed by atoms with Crippen molar-refractivity contribution in [2.24, 2.45) is 0 Å². The van der Waals surface area contributed by atoms with Gasteiger partial charge in [-0.05, 0) is 18.6 Å². The number of ether oxygens (including phenoxy) is 1. The highest BCUT2D eigenvalue weighted by Crippen LogP contribution is 2.28. The fraction of sp³-hybridized carbons (Fsp3) is 0.455. The van der Waals surface area contributed by atoms with Crippen molar-refractivity contribution < 1.29 is 17.5 Å². The first-order chi connectivity index (χ1) is 8.46. The standard InChI is InChI=1S/C11H15FN2O3S/c1-17-8-5-6-14(7-8)18(15,16)11-9(12)3-2-4-10(11)13/h2-4,8H,5-7,13H2,1H3. The van der Waals surface area contributed by atoms with E-state index in [0.29, 0.717) is 13.0 Å². The summed E-state index contributed by atoms with van der Waals surface area (Å²) < 4.78 is 44.5. The molecule has 1 aromatic rings. The third-order valence-electron chi connectivity index (χ3n) is 3.04. The van der Waals surface area contributed by atoms with Gasteiger partial charge in [0.2, 0.25) is 10.0 Å². The van der Waals surface area contributed by atoms with Crippen molar-refractivity contribution in [2.75, 3.05) is 25.9 Å². The van der Waals surface area contributed by atoms with E-state index in [1.165, 1.54) is 23.5 Å². The first-order valence-electron chi connectivity index (χ1n) is 5.53. The summed E-state index contributed by atoms with van der Waals surface area (Å²) in [5, 5.41) is 0. The number of nitrogens with zero attached hydrogens (tertiary/aromatic N) is 1. The lowest BCUT2D eigenvalue weighted by Gasteiger charge is -2.17. The maximum Gasteiger partial charge on any atom is 0.248 e. The van der Waals surface area contributed by atoms with Crippen LogP contribution in [0.3, 0.4) is 0 Å². The van der Waals surface area contributed by atoms with Gasteiger partial charge in [0.25, 0.3) is 0 Å². The van der Waals surface area contributed by atoms with Crippen molar-refractivity contribution in [1.29, 1.82) is 0 Å². The lowest BCUT2D eigenvalue weighted by Crippen LogP contribution is -2.31. The summed E-state index contributed by atoms with van der Waals surface area (Å²) in [4.78, 5) is -0.443. The van der Waals surface area contributed by atoms with E-state index in [9.17, 15) is 12.8 Å². The van der Waals surface area contributed by atoms with Crippen molar-refractivity contribution in [1.82, 2.24) is 4.31 Å². The van der Waals surface area contributed by atoms with Crippen LogP contribution in [0, 0.1) is 5.82 Å². The van der Waals surface area contributed by atoms with Gasteiger partial charge in [-0.1, -0.05) is 6.07 Å². The van der Waals surface area contributed by atoms with E-state index < -0.39 is 20.7 Å². The Morgan fingerprint density at radius 2 is 2.22 bits per heavy atom. The molecular formula is C11H15FN2O3S. The Morgan fingerprint density at radius 1 is 1.50 bits per heavy atom. The Hall–Kier alpha value is -1.18. The summed E-state index contributed by atoms with van der Waals surface area (Å²) in [6, 6.07) is 3.85. The molecule has 1 aliphatic rings. The van der Waals surface area contributed by atoms with Crippen LogP contribution in [0.5, 0.6) is 0 Å². The molecule has 7 heteroatoms. The number of nitrogen functional groups attached to an aromatic ring is 1. The minimum Gasteiger partial charge on any atom is -0.398 e. The Balaban J connectivity index is 2.38. The SMILES string of the molecule is COC1CCN(S(=O)(=O)c2c(N)cccc2F)C1. The molecule has 1 fully saturated rings. The normalized spacial score (nSPS) is 21.3. The Labute approximate surface area is 105 Å². The van der Waals surface area contributed by atoms with E-state index in [4.69, 9.17) is 10.5 Å². The number of sulfonamides is 1. The lowest BCUT2D eigenvalue weighted by atomic mass is 10.3. The van der Waals surface area contributed by atoms with Gasteiger partial charge in [-0.2, -0.15) is 4.31 Å². The molecule has 2 N–H and O–H groups in total. The molecule has 1 saturated heterocycles. The minimum absolute atomic E-state index is 0.0733. The number of nitrogens with two attached hydrogens (primary N) is 1. The number of benzene rings is 1. The van der Waals surface area contributed by atoms with Gasteiger partial charge in [-0.3, -0.25) is 0 Å². The van der Waals surface area contributed by atoms with Crippen LogP contribution in [0.1, 0.15) is 6.42 Å². The van der Waals surface area contributed by atoms with Crippen LogP contribution in [-0.4, -0.2) is 39.0 Å². The second-order valence-electron chi connectivity index (χ2n) is 4.17. The Morgan fingerprint density at radius 3 is 2.78 bits per heavy atom. The molecule has 0 amide bonds. The second kappa shape index (κ2) is 4.83. The van der Waals surface area contributed by atoms with Crippen LogP contribution in [0.15, 0.2) is 23.1 Å². The molecule has 0 aliphatic carbocycles. The number of halogens is 1. The smallest absolute Gasteiger partial charge is 0.248 e. The number of rotatable bonds is 3. The average molecular weight is 274 g/mol. The van der Waals surface area contributed by atoms with Gasteiger partial charge in [0.15, 0.2) is 0 Å². The van der Waals surface area contributed by atoms with E-state index in [1.807, 2.05) is 0 Å². The topological polar surface area (TPSA) is 72.6 Å². The van der Waals surface area contributed by atoms with Gasteiger partial charge in [-0.25, -0.2) is 12.8 Å². The maximum absolute atomic E-state index is 13.7. The van der Waals surface area contributed by atoms with Crippen LogP contribution < -0.4 is 5.73 Å². The fourth-order valence-electron chi connectivity index (χ4n) is 2.04. The summed E-state index contributed by atoms with van der Waals surface area (Å²) in [5.41, 5.74) is 5.49. The summed E-state index contributed by atoms with van der Waals surface area (Å²) in [6.07, 6.45) is 0.456. The molecule has 0 saturated carbocycles. The van der Waals surface area contributed by atoms with E-state index in [2.05, 4.69) is 0 Å². The highest BCUT2D eigenvalue weighted by molar-refractivity contribution is 7.89. The van der Waals surface area contributed by atoms with Crippen molar-refractivity contribution in [2.45, 2.75) is 17.4 Å². The highest BCUT2D eigenvalue weighted by Gasteiger charge is 2.35.